The Morgan fingerprint density at radius 2 is 1.76 bits per heavy atom. The van der Waals surface area contributed by atoms with E-state index in [2.05, 4.69) is 23.1 Å². The lowest BCUT2D eigenvalue weighted by Crippen LogP contribution is -2.49. The van der Waals surface area contributed by atoms with Gasteiger partial charge in [-0.25, -0.2) is 0 Å². The van der Waals surface area contributed by atoms with Crippen LogP contribution in [0.25, 0.3) is 0 Å². The quantitative estimate of drug-likeness (QED) is 0.741. The van der Waals surface area contributed by atoms with Crippen LogP contribution >= 0.6 is 0 Å². The van der Waals surface area contributed by atoms with Crippen molar-refractivity contribution in [3.8, 4) is 0 Å². The summed E-state index contributed by atoms with van der Waals surface area (Å²) in [7, 11) is 0. The van der Waals surface area contributed by atoms with Crippen LogP contribution in [0.4, 0.5) is 0 Å². The first-order valence-corrected chi connectivity index (χ1v) is 7.55. The molecule has 2 amide bonds. The van der Waals surface area contributed by atoms with E-state index in [4.69, 9.17) is 0 Å². The van der Waals surface area contributed by atoms with Crippen molar-refractivity contribution in [1.29, 1.82) is 0 Å². The van der Waals surface area contributed by atoms with E-state index >= 15 is 0 Å². The van der Waals surface area contributed by atoms with Crippen molar-refractivity contribution in [2.24, 2.45) is 0 Å². The summed E-state index contributed by atoms with van der Waals surface area (Å²) in [5, 5.41) is 0. The monoisotopic (exact) mass is 286 g/mol. The summed E-state index contributed by atoms with van der Waals surface area (Å²) < 4.78 is 0. The summed E-state index contributed by atoms with van der Waals surface area (Å²) in [5.74, 6) is -0.0803. The number of carbonyl (C=O) groups excluding carboxylic acids is 2. The molecule has 0 saturated carbocycles. The Labute approximate surface area is 125 Å². The van der Waals surface area contributed by atoms with Gasteiger partial charge in [0, 0.05) is 18.6 Å². The normalized spacial score (nSPS) is 23.6. The SMILES string of the molecule is CC(C)(C)N1C(=O)CC(N2CCc3ccccc3C2)C1=O. The minimum absolute atomic E-state index is 0.0353. The molecule has 3 rings (SSSR count). The molecule has 1 fully saturated rings. The van der Waals surface area contributed by atoms with Gasteiger partial charge in [0.25, 0.3) is 0 Å². The molecule has 1 saturated heterocycles. The molecule has 1 aromatic carbocycles. The van der Waals surface area contributed by atoms with Gasteiger partial charge in [-0.3, -0.25) is 19.4 Å². The molecule has 21 heavy (non-hydrogen) atoms. The Morgan fingerprint density at radius 1 is 1.10 bits per heavy atom. The fourth-order valence-corrected chi connectivity index (χ4v) is 3.39. The van der Waals surface area contributed by atoms with Crippen molar-refractivity contribution in [2.45, 2.75) is 51.7 Å². The maximum absolute atomic E-state index is 12.6. The van der Waals surface area contributed by atoms with Crippen molar-refractivity contribution < 1.29 is 9.59 Å². The first-order chi connectivity index (χ1) is 9.88. The molecular weight excluding hydrogens is 264 g/mol. The highest BCUT2D eigenvalue weighted by molar-refractivity contribution is 6.06. The van der Waals surface area contributed by atoms with Crippen LogP contribution in [0.1, 0.15) is 38.3 Å². The summed E-state index contributed by atoms with van der Waals surface area (Å²) in [6.45, 7) is 7.35. The summed E-state index contributed by atoms with van der Waals surface area (Å²) in [5.41, 5.74) is 2.20. The number of imide groups is 1. The van der Waals surface area contributed by atoms with Gasteiger partial charge >= 0.3 is 0 Å². The highest BCUT2D eigenvalue weighted by Crippen LogP contribution is 2.29. The Balaban J connectivity index is 1.81. The van der Waals surface area contributed by atoms with E-state index in [1.165, 1.54) is 16.0 Å². The zero-order valence-electron chi connectivity index (χ0n) is 12.9. The van der Waals surface area contributed by atoms with E-state index in [-0.39, 0.29) is 17.9 Å². The number of amides is 2. The van der Waals surface area contributed by atoms with E-state index in [1.54, 1.807) is 0 Å². The fourth-order valence-electron chi connectivity index (χ4n) is 3.39. The van der Waals surface area contributed by atoms with E-state index < -0.39 is 5.54 Å². The van der Waals surface area contributed by atoms with Gasteiger partial charge in [0.1, 0.15) is 0 Å². The van der Waals surface area contributed by atoms with Gasteiger partial charge in [0.15, 0.2) is 0 Å². The lowest BCUT2D eigenvalue weighted by Gasteiger charge is -2.34. The van der Waals surface area contributed by atoms with Crippen LogP contribution in [0.15, 0.2) is 24.3 Å². The number of benzene rings is 1. The minimum Gasteiger partial charge on any atom is -0.287 e. The molecule has 0 spiro atoms. The van der Waals surface area contributed by atoms with Gasteiger partial charge in [0.05, 0.1) is 12.5 Å². The number of nitrogens with zero attached hydrogens (tertiary/aromatic N) is 2. The van der Waals surface area contributed by atoms with Crippen LogP contribution in [0.2, 0.25) is 0 Å². The third-order valence-corrected chi connectivity index (χ3v) is 4.39. The number of carbonyl (C=O) groups is 2. The second-order valence-electron chi connectivity index (χ2n) is 6.95. The van der Waals surface area contributed by atoms with Crippen molar-refractivity contribution in [3.63, 3.8) is 0 Å². The molecular formula is C17H22N2O2. The smallest absolute Gasteiger partial charge is 0.247 e. The zero-order chi connectivity index (χ0) is 15.2. The van der Waals surface area contributed by atoms with E-state index in [1.807, 2.05) is 26.8 Å². The van der Waals surface area contributed by atoms with Crippen LogP contribution in [0.5, 0.6) is 0 Å². The van der Waals surface area contributed by atoms with Crippen LogP contribution in [0.3, 0.4) is 0 Å². The second-order valence-corrected chi connectivity index (χ2v) is 6.95. The molecule has 1 aromatic rings. The van der Waals surface area contributed by atoms with Crippen LogP contribution in [-0.4, -0.2) is 39.7 Å². The average molecular weight is 286 g/mol. The molecule has 0 bridgehead atoms. The Hall–Kier alpha value is -1.68. The maximum Gasteiger partial charge on any atom is 0.247 e. The average Bonchev–Trinajstić information content (AvgIpc) is 2.73. The summed E-state index contributed by atoms with van der Waals surface area (Å²) in [6.07, 6.45) is 1.27. The molecule has 112 valence electrons. The molecule has 1 atom stereocenters. The standard InChI is InChI=1S/C17H22N2O2/c1-17(2,3)19-15(20)10-14(16(19)21)18-9-8-12-6-4-5-7-13(12)11-18/h4-7,14H,8-11H2,1-3H3. The van der Waals surface area contributed by atoms with E-state index in [0.29, 0.717) is 6.42 Å². The molecule has 4 heteroatoms. The number of hydrogen-bond donors (Lipinski definition) is 0. The molecule has 4 nitrogen and oxygen atoms in total. The van der Waals surface area contributed by atoms with Crippen LogP contribution in [-0.2, 0) is 22.6 Å². The molecule has 0 radical (unpaired) electrons. The fraction of sp³-hybridized carbons (Fsp3) is 0.529. The molecule has 2 heterocycles. The molecule has 2 aliphatic heterocycles. The Kier molecular flexibility index (Phi) is 3.36. The van der Waals surface area contributed by atoms with E-state index in [0.717, 1.165) is 19.5 Å². The first kappa shape index (κ1) is 14.3. The van der Waals surface area contributed by atoms with Crippen LogP contribution in [0, 0.1) is 0 Å². The predicted octanol–water partition coefficient (Wildman–Crippen LogP) is 1.97. The summed E-state index contributed by atoms with van der Waals surface area (Å²) in [4.78, 5) is 28.4. The van der Waals surface area contributed by atoms with Gasteiger partial charge in [-0.1, -0.05) is 24.3 Å². The summed E-state index contributed by atoms with van der Waals surface area (Å²) >= 11 is 0. The molecule has 1 unspecified atom stereocenters. The number of hydrogen-bond acceptors (Lipinski definition) is 3. The van der Waals surface area contributed by atoms with Crippen molar-refractivity contribution in [3.05, 3.63) is 35.4 Å². The predicted molar refractivity (Wildman–Crippen MR) is 80.6 cm³/mol. The highest BCUT2D eigenvalue weighted by Gasteiger charge is 2.46. The van der Waals surface area contributed by atoms with Crippen molar-refractivity contribution in [2.75, 3.05) is 6.54 Å². The van der Waals surface area contributed by atoms with E-state index in [9.17, 15) is 9.59 Å². The van der Waals surface area contributed by atoms with Crippen molar-refractivity contribution in [1.82, 2.24) is 9.80 Å². The molecule has 0 aliphatic carbocycles. The number of rotatable bonds is 1. The van der Waals surface area contributed by atoms with Gasteiger partial charge in [-0.2, -0.15) is 0 Å². The van der Waals surface area contributed by atoms with Gasteiger partial charge in [-0.05, 0) is 38.3 Å². The zero-order valence-corrected chi connectivity index (χ0v) is 12.9. The van der Waals surface area contributed by atoms with Crippen LogP contribution < -0.4 is 0 Å². The lowest BCUT2D eigenvalue weighted by molar-refractivity contribution is -0.145. The minimum atomic E-state index is -0.434. The number of likely N-dealkylation sites (tertiary alicyclic amines) is 1. The topological polar surface area (TPSA) is 40.6 Å². The van der Waals surface area contributed by atoms with Gasteiger partial charge < -0.3 is 0 Å². The molecule has 0 aromatic heterocycles. The van der Waals surface area contributed by atoms with Gasteiger partial charge in [0.2, 0.25) is 11.8 Å². The number of fused-ring (bicyclic) bond motifs is 1. The molecule has 0 N–H and O–H groups in total. The first-order valence-electron chi connectivity index (χ1n) is 7.55. The third kappa shape index (κ3) is 2.48. The summed E-state index contributed by atoms with van der Waals surface area (Å²) in [6, 6.07) is 8.07. The van der Waals surface area contributed by atoms with Gasteiger partial charge in [-0.15, -0.1) is 0 Å². The van der Waals surface area contributed by atoms with Crippen molar-refractivity contribution >= 4 is 11.8 Å². The lowest BCUT2D eigenvalue weighted by atomic mass is 9.98. The third-order valence-electron chi connectivity index (χ3n) is 4.39. The maximum atomic E-state index is 12.6. The highest BCUT2D eigenvalue weighted by atomic mass is 16.2. The molecule has 2 aliphatic rings. The Morgan fingerprint density at radius 3 is 2.38 bits per heavy atom. The largest absolute Gasteiger partial charge is 0.287 e. The second kappa shape index (κ2) is 4.95. The Bertz CT molecular complexity index is 589.